The highest BCUT2D eigenvalue weighted by molar-refractivity contribution is 6.76. The lowest BCUT2D eigenvalue weighted by Crippen LogP contribution is -2.49. The van der Waals surface area contributed by atoms with Crippen molar-refractivity contribution in [2.45, 2.75) is 45.5 Å². The molecular weight excluding hydrogens is 653 g/mol. The SMILES string of the molecule is CC1(CNC(=O)Nc2cc(F)c(Oc3ccnc4c3c(-c3ccc(C#N)c(C(F)(F)F)c3)cn4COCC[Si](C)(C)C)c(F)c2)COC1. The molecule has 1 aliphatic heterocycles. The van der Waals surface area contributed by atoms with Gasteiger partial charge in [0.15, 0.2) is 17.4 Å². The van der Waals surface area contributed by atoms with Crippen LogP contribution in [-0.2, 0) is 22.4 Å². The second-order valence-corrected chi connectivity index (χ2v) is 18.8. The number of fused-ring (bicyclic) bond motifs is 1. The second kappa shape index (κ2) is 13.5. The van der Waals surface area contributed by atoms with E-state index in [1.54, 1.807) is 10.6 Å². The number of pyridine rings is 1. The number of nitrogens with one attached hydrogen (secondary N) is 2. The smallest absolute Gasteiger partial charge is 0.417 e. The van der Waals surface area contributed by atoms with Gasteiger partial charge in [0.2, 0.25) is 0 Å². The van der Waals surface area contributed by atoms with Crippen molar-refractivity contribution in [2.24, 2.45) is 5.41 Å². The number of rotatable bonds is 11. The highest BCUT2D eigenvalue weighted by Gasteiger charge is 2.35. The number of nitrogens with zero attached hydrogens (tertiary/aromatic N) is 3. The first-order chi connectivity index (χ1) is 22.6. The van der Waals surface area contributed by atoms with E-state index in [4.69, 9.17) is 14.2 Å². The molecule has 0 aliphatic carbocycles. The van der Waals surface area contributed by atoms with Crippen molar-refractivity contribution in [1.29, 1.82) is 5.26 Å². The Kier molecular flexibility index (Phi) is 9.81. The zero-order chi connectivity index (χ0) is 34.9. The molecule has 254 valence electrons. The van der Waals surface area contributed by atoms with Crippen molar-refractivity contribution in [1.82, 2.24) is 14.9 Å². The molecule has 0 saturated carbocycles. The summed E-state index contributed by atoms with van der Waals surface area (Å²) in [6, 6.07) is 8.12. The zero-order valence-electron chi connectivity index (χ0n) is 26.7. The average molecular weight is 688 g/mol. The highest BCUT2D eigenvalue weighted by atomic mass is 28.3. The van der Waals surface area contributed by atoms with Gasteiger partial charge in [-0.25, -0.2) is 18.6 Å². The maximum atomic E-state index is 15.3. The van der Waals surface area contributed by atoms with Gasteiger partial charge in [0, 0.05) is 62.4 Å². The Bertz CT molecular complexity index is 1860. The number of aromatic nitrogens is 2. The summed E-state index contributed by atoms with van der Waals surface area (Å²) in [6.07, 6.45) is -1.96. The lowest BCUT2D eigenvalue weighted by atomic mass is 9.89. The summed E-state index contributed by atoms with van der Waals surface area (Å²) in [5.74, 6) is -3.17. The van der Waals surface area contributed by atoms with E-state index in [1.807, 2.05) is 6.92 Å². The van der Waals surface area contributed by atoms with Gasteiger partial charge in [-0.2, -0.15) is 18.4 Å². The van der Waals surface area contributed by atoms with Crippen LogP contribution in [-0.4, -0.2) is 50.0 Å². The molecule has 0 bridgehead atoms. The summed E-state index contributed by atoms with van der Waals surface area (Å²) < 4.78 is 90.8. The molecule has 2 aromatic carbocycles. The van der Waals surface area contributed by atoms with E-state index in [2.05, 4.69) is 35.3 Å². The molecule has 2 N–H and O–H groups in total. The molecule has 1 saturated heterocycles. The minimum atomic E-state index is -4.82. The van der Waals surface area contributed by atoms with Crippen LogP contribution in [0.25, 0.3) is 22.2 Å². The van der Waals surface area contributed by atoms with Crippen LogP contribution in [0, 0.1) is 28.4 Å². The minimum absolute atomic E-state index is 0.00281. The fourth-order valence-electron chi connectivity index (χ4n) is 5.03. The van der Waals surface area contributed by atoms with Crippen LogP contribution in [0.15, 0.2) is 48.8 Å². The highest BCUT2D eigenvalue weighted by Crippen LogP contribution is 2.42. The fourth-order valence-corrected chi connectivity index (χ4v) is 5.79. The molecule has 0 spiro atoms. The van der Waals surface area contributed by atoms with Crippen molar-refractivity contribution < 1.29 is 41.0 Å². The number of ether oxygens (including phenoxy) is 3. The standard InChI is InChI=1S/C33H34F5N5O4Si/c1-32(17-46-18-32)16-41-31(44)42-22-12-25(34)29(26(35)13-22)47-27-7-8-40-30-28(27)23(15-43(30)19-45-9-10-48(2,3)4)20-5-6-21(14-39)24(11-20)33(36,37)38/h5-8,11-13,15H,9-10,16-19H2,1-4H3,(H2,41,42,44). The van der Waals surface area contributed by atoms with Crippen LogP contribution in [0.1, 0.15) is 18.1 Å². The van der Waals surface area contributed by atoms with E-state index >= 15 is 8.78 Å². The molecule has 4 aromatic rings. The van der Waals surface area contributed by atoms with Gasteiger partial charge in [0.1, 0.15) is 18.1 Å². The maximum Gasteiger partial charge on any atom is 0.417 e. The van der Waals surface area contributed by atoms with Gasteiger partial charge in [0.05, 0.1) is 35.8 Å². The Morgan fingerprint density at radius 2 is 1.85 bits per heavy atom. The molecule has 3 heterocycles. The molecule has 5 rings (SSSR count). The molecule has 2 amide bonds. The molecule has 1 fully saturated rings. The van der Waals surface area contributed by atoms with Crippen LogP contribution in [0.5, 0.6) is 11.5 Å². The van der Waals surface area contributed by atoms with E-state index in [-0.39, 0.29) is 45.7 Å². The van der Waals surface area contributed by atoms with Crippen molar-refractivity contribution in [2.75, 3.05) is 31.7 Å². The first-order valence-corrected chi connectivity index (χ1v) is 18.7. The van der Waals surface area contributed by atoms with E-state index in [1.165, 1.54) is 24.5 Å². The lowest BCUT2D eigenvalue weighted by molar-refractivity contribution is -0.137. The minimum Gasteiger partial charge on any atom is -0.450 e. The van der Waals surface area contributed by atoms with E-state index < -0.39 is 48.8 Å². The Hall–Kier alpha value is -4.52. The Morgan fingerprint density at radius 3 is 2.46 bits per heavy atom. The van der Waals surface area contributed by atoms with Crippen LogP contribution in [0.4, 0.5) is 32.4 Å². The Morgan fingerprint density at radius 1 is 1.15 bits per heavy atom. The number of anilines is 1. The summed E-state index contributed by atoms with van der Waals surface area (Å²) in [6.45, 7) is 10.2. The molecule has 0 unspecified atom stereocenters. The molecular formula is C33H34F5N5O4Si. The third-order valence-electron chi connectivity index (χ3n) is 7.75. The van der Waals surface area contributed by atoms with Gasteiger partial charge in [-0.05, 0) is 29.8 Å². The van der Waals surface area contributed by atoms with Gasteiger partial charge >= 0.3 is 12.2 Å². The fraction of sp³-hybridized carbons (Fsp3) is 0.364. The number of benzene rings is 2. The Balaban J connectivity index is 1.50. The van der Waals surface area contributed by atoms with Crippen molar-refractivity contribution in [3.05, 3.63) is 71.6 Å². The number of hydrogen-bond acceptors (Lipinski definition) is 6. The van der Waals surface area contributed by atoms with E-state index in [9.17, 15) is 23.2 Å². The number of alkyl halides is 3. The molecule has 1 aliphatic rings. The normalized spacial score (nSPS) is 14.3. The number of amides is 2. The van der Waals surface area contributed by atoms with E-state index in [0.717, 1.165) is 30.3 Å². The molecule has 15 heteroatoms. The van der Waals surface area contributed by atoms with Crippen LogP contribution >= 0.6 is 0 Å². The van der Waals surface area contributed by atoms with Crippen LogP contribution < -0.4 is 15.4 Å². The zero-order valence-corrected chi connectivity index (χ0v) is 27.7. The summed E-state index contributed by atoms with van der Waals surface area (Å²) in [5.41, 5.74) is -1.57. The predicted molar refractivity (Wildman–Crippen MR) is 171 cm³/mol. The molecule has 48 heavy (non-hydrogen) atoms. The number of urea groups is 1. The third-order valence-corrected chi connectivity index (χ3v) is 9.45. The number of halogens is 5. The second-order valence-electron chi connectivity index (χ2n) is 13.2. The maximum absolute atomic E-state index is 15.3. The largest absolute Gasteiger partial charge is 0.450 e. The van der Waals surface area contributed by atoms with Gasteiger partial charge < -0.3 is 29.4 Å². The number of carbonyl (C=O) groups excluding carboxylic acids is 1. The summed E-state index contributed by atoms with van der Waals surface area (Å²) in [4.78, 5) is 16.7. The number of nitriles is 1. The van der Waals surface area contributed by atoms with Gasteiger partial charge in [0.25, 0.3) is 0 Å². The first kappa shape index (κ1) is 34.8. The predicted octanol–water partition coefficient (Wildman–Crippen LogP) is 8.13. The number of hydrogen-bond donors (Lipinski definition) is 2. The molecule has 0 radical (unpaired) electrons. The van der Waals surface area contributed by atoms with Gasteiger partial charge in [-0.15, -0.1) is 0 Å². The summed E-state index contributed by atoms with van der Waals surface area (Å²) in [7, 11) is -1.42. The van der Waals surface area contributed by atoms with Crippen LogP contribution in [0.2, 0.25) is 25.7 Å². The van der Waals surface area contributed by atoms with Crippen molar-refractivity contribution in [3.63, 3.8) is 0 Å². The Labute approximate surface area is 274 Å². The van der Waals surface area contributed by atoms with Crippen LogP contribution in [0.3, 0.4) is 0 Å². The van der Waals surface area contributed by atoms with E-state index in [0.29, 0.717) is 26.4 Å². The average Bonchev–Trinajstić information content (AvgIpc) is 3.37. The molecule has 9 nitrogen and oxygen atoms in total. The number of carbonyl (C=O) groups is 1. The van der Waals surface area contributed by atoms with Crippen molar-refractivity contribution in [3.8, 4) is 28.7 Å². The molecule has 2 aromatic heterocycles. The quantitative estimate of drug-likeness (QED) is 0.0936. The molecule has 0 atom stereocenters. The topological polar surface area (TPSA) is 110 Å². The van der Waals surface area contributed by atoms with Crippen molar-refractivity contribution >= 4 is 30.8 Å². The monoisotopic (exact) mass is 687 g/mol. The summed E-state index contributed by atoms with van der Waals surface area (Å²) >= 11 is 0. The van der Waals surface area contributed by atoms with Gasteiger partial charge in [-0.3, -0.25) is 0 Å². The third kappa shape index (κ3) is 7.95. The summed E-state index contributed by atoms with van der Waals surface area (Å²) in [5, 5.41) is 14.5. The lowest BCUT2D eigenvalue weighted by Gasteiger charge is -2.37. The first-order valence-electron chi connectivity index (χ1n) is 15.0. The van der Waals surface area contributed by atoms with Gasteiger partial charge in [-0.1, -0.05) is 32.6 Å².